The summed E-state index contributed by atoms with van der Waals surface area (Å²) in [4.78, 5) is 16.8. The fourth-order valence-corrected chi connectivity index (χ4v) is 3.17. The van der Waals surface area contributed by atoms with Crippen LogP contribution in [0.25, 0.3) is 0 Å². The number of carbonyl (C=O) groups excluding carboxylic acids is 1. The third kappa shape index (κ3) is 8.74. The number of guanidine groups is 1. The SMILES string of the molecule is CN=C(NCc1cccc(C(=O)NCc2ccco2)c1)NCc1ccccc1OC(C)(C)C.I. The van der Waals surface area contributed by atoms with Gasteiger partial charge in [-0.3, -0.25) is 9.79 Å². The molecule has 1 amide bonds. The van der Waals surface area contributed by atoms with E-state index in [-0.39, 0.29) is 35.5 Å². The number of rotatable bonds is 8. The van der Waals surface area contributed by atoms with Crippen LogP contribution in [0.15, 0.2) is 76.3 Å². The molecule has 3 N–H and O–H groups in total. The van der Waals surface area contributed by atoms with E-state index in [1.807, 2.05) is 69.3 Å². The molecule has 34 heavy (non-hydrogen) atoms. The predicted molar refractivity (Wildman–Crippen MR) is 146 cm³/mol. The lowest BCUT2D eigenvalue weighted by atomic mass is 10.1. The van der Waals surface area contributed by atoms with Gasteiger partial charge in [0.25, 0.3) is 5.91 Å². The lowest BCUT2D eigenvalue weighted by Gasteiger charge is -2.23. The molecule has 0 aliphatic rings. The number of nitrogens with one attached hydrogen (secondary N) is 3. The third-order valence-corrected chi connectivity index (χ3v) is 4.71. The van der Waals surface area contributed by atoms with Gasteiger partial charge in [-0.15, -0.1) is 24.0 Å². The van der Waals surface area contributed by atoms with Gasteiger partial charge in [0.2, 0.25) is 0 Å². The Hall–Kier alpha value is -3.01. The van der Waals surface area contributed by atoms with Crippen LogP contribution in [0, 0.1) is 0 Å². The summed E-state index contributed by atoms with van der Waals surface area (Å²) in [7, 11) is 1.73. The minimum absolute atomic E-state index is 0. The molecule has 0 atom stereocenters. The van der Waals surface area contributed by atoms with Crippen molar-refractivity contribution in [3.8, 4) is 5.75 Å². The van der Waals surface area contributed by atoms with Crippen molar-refractivity contribution in [2.45, 2.75) is 46.0 Å². The normalized spacial score (nSPS) is 11.4. The molecule has 182 valence electrons. The van der Waals surface area contributed by atoms with Crippen LogP contribution in [0.5, 0.6) is 5.75 Å². The topological polar surface area (TPSA) is 87.9 Å². The number of benzene rings is 2. The molecule has 1 heterocycles. The maximum Gasteiger partial charge on any atom is 0.251 e. The van der Waals surface area contributed by atoms with Crippen molar-refractivity contribution in [1.29, 1.82) is 0 Å². The molecule has 3 aromatic rings. The minimum Gasteiger partial charge on any atom is -0.488 e. The molecule has 2 aromatic carbocycles. The Balaban J connectivity index is 0.00000408. The lowest BCUT2D eigenvalue weighted by Crippen LogP contribution is -2.36. The highest BCUT2D eigenvalue weighted by atomic mass is 127. The van der Waals surface area contributed by atoms with Crippen molar-refractivity contribution in [3.05, 3.63) is 89.4 Å². The fraction of sp³-hybridized carbons (Fsp3) is 0.308. The van der Waals surface area contributed by atoms with Crippen LogP contribution in [0.1, 0.15) is 48.0 Å². The minimum atomic E-state index is -0.273. The number of halogens is 1. The van der Waals surface area contributed by atoms with Crippen molar-refractivity contribution in [2.75, 3.05) is 7.05 Å². The highest BCUT2D eigenvalue weighted by Crippen LogP contribution is 2.22. The maximum absolute atomic E-state index is 12.5. The Labute approximate surface area is 218 Å². The number of para-hydroxylation sites is 1. The van der Waals surface area contributed by atoms with E-state index >= 15 is 0 Å². The molecule has 0 saturated heterocycles. The molecule has 0 saturated carbocycles. The van der Waals surface area contributed by atoms with Gasteiger partial charge in [0.05, 0.1) is 12.8 Å². The average molecular weight is 576 g/mol. The lowest BCUT2D eigenvalue weighted by molar-refractivity contribution is 0.0948. The van der Waals surface area contributed by atoms with Crippen LogP contribution in [-0.4, -0.2) is 24.5 Å². The van der Waals surface area contributed by atoms with E-state index < -0.39 is 0 Å². The summed E-state index contributed by atoms with van der Waals surface area (Å²) in [5.74, 6) is 2.08. The maximum atomic E-state index is 12.5. The van der Waals surface area contributed by atoms with Crippen LogP contribution in [0.2, 0.25) is 0 Å². The summed E-state index contributed by atoms with van der Waals surface area (Å²) in [6.07, 6.45) is 1.59. The Bertz CT molecular complexity index is 1080. The second kappa shape index (κ2) is 13.0. The number of ether oxygens (including phenoxy) is 1. The van der Waals surface area contributed by atoms with Gasteiger partial charge in [-0.25, -0.2) is 0 Å². The van der Waals surface area contributed by atoms with Crippen molar-refractivity contribution < 1.29 is 13.9 Å². The second-order valence-electron chi connectivity index (χ2n) is 8.56. The number of aliphatic imine (C=N–C) groups is 1. The van der Waals surface area contributed by atoms with Crippen molar-refractivity contribution in [1.82, 2.24) is 16.0 Å². The van der Waals surface area contributed by atoms with Gasteiger partial charge in [-0.2, -0.15) is 0 Å². The Morgan fingerprint density at radius 1 is 0.941 bits per heavy atom. The van der Waals surface area contributed by atoms with E-state index in [2.05, 4.69) is 20.9 Å². The number of amides is 1. The molecule has 3 rings (SSSR count). The quantitative estimate of drug-likeness (QED) is 0.202. The molecule has 0 unspecified atom stereocenters. The van der Waals surface area contributed by atoms with Crippen LogP contribution in [-0.2, 0) is 19.6 Å². The number of furan rings is 1. The Morgan fingerprint density at radius 2 is 1.71 bits per heavy atom. The number of nitrogens with zero attached hydrogens (tertiary/aromatic N) is 1. The van der Waals surface area contributed by atoms with Gasteiger partial charge < -0.3 is 25.1 Å². The number of carbonyl (C=O) groups is 1. The van der Waals surface area contributed by atoms with Crippen LogP contribution >= 0.6 is 24.0 Å². The highest BCUT2D eigenvalue weighted by Gasteiger charge is 2.14. The largest absolute Gasteiger partial charge is 0.488 e. The first-order valence-corrected chi connectivity index (χ1v) is 10.9. The zero-order valence-corrected chi connectivity index (χ0v) is 22.4. The molecule has 7 nitrogen and oxygen atoms in total. The van der Waals surface area contributed by atoms with Crippen LogP contribution in [0.3, 0.4) is 0 Å². The molecule has 0 fully saturated rings. The smallest absolute Gasteiger partial charge is 0.251 e. The highest BCUT2D eigenvalue weighted by molar-refractivity contribution is 14.0. The Morgan fingerprint density at radius 3 is 2.41 bits per heavy atom. The van der Waals surface area contributed by atoms with Crippen molar-refractivity contribution in [3.63, 3.8) is 0 Å². The molecule has 0 radical (unpaired) electrons. The van der Waals surface area contributed by atoms with Gasteiger partial charge in [0, 0.05) is 31.3 Å². The molecule has 8 heteroatoms. The van der Waals surface area contributed by atoms with E-state index in [1.165, 1.54) is 0 Å². The first-order chi connectivity index (χ1) is 15.8. The predicted octanol–water partition coefficient (Wildman–Crippen LogP) is 4.87. The molecule has 0 bridgehead atoms. The molecule has 0 aliphatic carbocycles. The zero-order chi connectivity index (χ0) is 23.7. The van der Waals surface area contributed by atoms with E-state index in [9.17, 15) is 4.79 Å². The first kappa shape index (κ1) is 27.2. The Kier molecular flexibility index (Phi) is 10.4. The monoisotopic (exact) mass is 576 g/mol. The molecular formula is C26H33IN4O3. The summed E-state index contributed by atoms with van der Waals surface area (Å²) in [6, 6.07) is 19.1. The molecule has 1 aromatic heterocycles. The molecule has 0 spiro atoms. The fourth-order valence-electron chi connectivity index (χ4n) is 3.17. The van der Waals surface area contributed by atoms with Gasteiger partial charge in [0.15, 0.2) is 5.96 Å². The second-order valence-corrected chi connectivity index (χ2v) is 8.56. The van der Waals surface area contributed by atoms with E-state index in [1.54, 1.807) is 25.4 Å². The van der Waals surface area contributed by atoms with Crippen LogP contribution in [0.4, 0.5) is 0 Å². The van der Waals surface area contributed by atoms with Crippen molar-refractivity contribution >= 4 is 35.8 Å². The first-order valence-electron chi connectivity index (χ1n) is 10.9. The molecule has 0 aliphatic heterocycles. The van der Waals surface area contributed by atoms with Gasteiger partial charge in [0.1, 0.15) is 17.1 Å². The van der Waals surface area contributed by atoms with Crippen molar-refractivity contribution in [2.24, 2.45) is 4.99 Å². The molecular weight excluding hydrogens is 543 g/mol. The summed E-state index contributed by atoms with van der Waals surface area (Å²) in [5.41, 5.74) is 2.34. The number of hydrogen-bond acceptors (Lipinski definition) is 4. The summed E-state index contributed by atoms with van der Waals surface area (Å²) in [6.45, 7) is 7.54. The third-order valence-electron chi connectivity index (χ3n) is 4.71. The van der Waals surface area contributed by atoms with Gasteiger partial charge in [-0.05, 0) is 56.7 Å². The van der Waals surface area contributed by atoms with E-state index in [0.717, 1.165) is 16.9 Å². The summed E-state index contributed by atoms with van der Waals surface area (Å²) < 4.78 is 11.3. The van der Waals surface area contributed by atoms with Gasteiger partial charge in [-0.1, -0.05) is 30.3 Å². The average Bonchev–Trinajstić information content (AvgIpc) is 3.31. The van der Waals surface area contributed by atoms with Crippen LogP contribution < -0.4 is 20.7 Å². The summed E-state index contributed by atoms with van der Waals surface area (Å²) in [5, 5.41) is 9.48. The standard InChI is InChI=1S/C26H32N4O3.HI/c1-26(2,3)33-23-13-6-5-10-21(23)17-30-25(27-4)29-16-19-9-7-11-20(15-19)24(31)28-18-22-12-8-14-32-22;/h5-15H,16-18H2,1-4H3,(H,28,31)(H2,27,29,30);1H. The zero-order valence-electron chi connectivity index (χ0n) is 20.1. The van der Waals surface area contributed by atoms with Gasteiger partial charge >= 0.3 is 0 Å². The van der Waals surface area contributed by atoms with E-state index in [4.69, 9.17) is 9.15 Å². The number of hydrogen-bond donors (Lipinski definition) is 3. The van der Waals surface area contributed by atoms with E-state index in [0.29, 0.717) is 36.9 Å². The summed E-state index contributed by atoms with van der Waals surface area (Å²) >= 11 is 0.